The number of carboxylic acids is 1. The Hall–Kier alpha value is -2.61. The van der Waals surface area contributed by atoms with Crippen molar-refractivity contribution in [2.24, 2.45) is 11.6 Å². The van der Waals surface area contributed by atoms with Crippen LogP contribution in [0.25, 0.3) is 0 Å². The summed E-state index contributed by atoms with van der Waals surface area (Å²) in [6.07, 6.45) is 4.40. The maximum Gasteiger partial charge on any atom is 0.300 e. The number of hydrazine groups is 1. The smallest absolute Gasteiger partial charge is 0.300 e. The minimum Gasteiger partial charge on any atom is -0.481 e. The second-order valence-electron chi connectivity index (χ2n) is 5.58. The number of rotatable bonds is 9. The third-order valence-electron chi connectivity index (χ3n) is 3.15. The van der Waals surface area contributed by atoms with Crippen LogP contribution in [-0.2, 0) is 4.79 Å². The molecule has 146 valence electrons. The highest BCUT2D eigenvalue weighted by molar-refractivity contribution is 5.94. The van der Waals surface area contributed by atoms with Crippen LogP contribution < -0.4 is 21.9 Å². The summed E-state index contributed by atoms with van der Waals surface area (Å²) in [7, 11) is 0. The molecule has 0 aliphatic carbocycles. The molecular formula is C18H29FN4O3. The topological polar surface area (TPSA) is 122 Å². The Labute approximate surface area is 153 Å². The number of halogens is 1. The van der Waals surface area contributed by atoms with Gasteiger partial charge in [0, 0.05) is 30.9 Å². The highest BCUT2D eigenvalue weighted by Crippen LogP contribution is 2.14. The number of carboxylic acid groups (broad SMARTS) is 1. The van der Waals surface area contributed by atoms with Crippen LogP contribution in [0.1, 0.15) is 49.9 Å². The molecule has 0 radical (unpaired) electrons. The van der Waals surface area contributed by atoms with Gasteiger partial charge < -0.3 is 16.2 Å². The van der Waals surface area contributed by atoms with Gasteiger partial charge in [0.05, 0.1) is 12.4 Å². The molecule has 0 saturated heterocycles. The van der Waals surface area contributed by atoms with Gasteiger partial charge in [0.25, 0.3) is 11.9 Å². The molecule has 0 heterocycles. The number of anilines is 1. The maximum atomic E-state index is 12.1. The van der Waals surface area contributed by atoms with E-state index in [4.69, 9.17) is 21.5 Å². The molecule has 0 aliphatic heterocycles. The summed E-state index contributed by atoms with van der Waals surface area (Å²) in [5, 5.41) is 11.6. The summed E-state index contributed by atoms with van der Waals surface area (Å²) >= 11 is 0. The number of nitrogens with two attached hydrogens (primary N) is 2. The van der Waals surface area contributed by atoms with Gasteiger partial charge in [0.15, 0.2) is 0 Å². The van der Waals surface area contributed by atoms with Crippen molar-refractivity contribution in [3.05, 3.63) is 41.7 Å². The van der Waals surface area contributed by atoms with E-state index in [0.717, 1.165) is 19.8 Å². The number of carbonyl (C=O) groups excluding carboxylic acids is 1. The summed E-state index contributed by atoms with van der Waals surface area (Å²) < 4.78 is 12.1. The standard InChI is InChI=1S/C16H25FN4O.C2H4O2/c1-2-3-11-20-16(22)13-6-8-15(9-7-13)21(19)12-14(18)5-4-10-17;1-2(3)4/h6-9,12H,2-5,10-11,18-19H2,1H3,(H,20,22);1H3,(H,3,4)/b14-12-;. The van der Waals surface area contributed by atoms with Crippen molar-refractivity contribution < 1.29 is 19.1 Å². The number of nitrogens with one attached hydrogen (secondary N) is 1. The van der Waals surface area contributed by atoms with E-state index in [9.17, 15) is 9.18 Å². The van der Waals surface area contributed by atoms with E-state index in [2.05, 4.69) is 12.2 Å². The second kappa shape index (κ2) is 13.7. The van der Waals surface area contributed by atoms with Gasteiger partial charge in [-0.1, -0.05) is 13.3 Å². The molecule has 6 N–H and O–H groups in total. The number of benzene rings is 1. The number of alkyl halides is 1. The Morgan fingerprint density at radius 1 is 1.27 bits per heavy atom. The van der Waals surface area contributed by atoms with Gasteiger partial charge in [0.1, 0.15) is 0 Å². The number of hydrogen-bond acceptors (Lipinski definition) is 5. The van der Waals surface area contributed by atoms with Gasteiger partial charge in [-0.05, 0) is 43.5 Å². The zero-order chi connectivity index (χ0) is 19.9. The molecule has 0 saturated carbocycles. The number of carbonyl (C=O) groups is 2. The summed E-state index contributed by atoms with van der Waals surface area (Å²) in [5.74, 6) is 4.95. The lowest BCUT2D eigenvalue weighted by Gasteiger charge is -2.15. The van der Waals surface area contributed by atoms with Crippen LogP contribution in [0.2, 0.25) is 0 Å². The first-order valence-electron chi connectivity index (χ1n) is 8.45. The van der Waals surface area contributed by atoms with E-state index in [1.54, 1.807) is 30.5 Å². The summed E-state index contributed by atoms with van der Waals surface area (Å²) in [6.45, 7) is 3.43. The average Bonchev–Trinajstić information content (AvgIpc) is 2.59. The highest BCUT2D eigenvalue weighted by Gasteiger charge is 2.06. The van der Waals surface area contributed by atoms with Crippen molar-refractivity contribution in [1.29, 1.82) is 0 Å². The van der Waals surface area contributed by atoms with Gasteiger partial charge >= 0.3 is 0 Å². The molecule has 1 rings (SSSR count). The summed E-state index contributed by atoms with van der Waals surface area (Å²) in [6, 6.07) is 6.91. The molecule has 26 heavy (non-hydrogen) atoms. The maximum absolute atomic E-state index is 12.1. The summed E-state index contributed by atoms with van der Waals surface area (Å²) in [4.78, 5) is 20.9. The third kappa shape index (κ3) is 11.0. The minimum absolute atomic E-state index is 0.0958. The minimum atomic E-state index is -0.833. The fraction of sp³-hybridized carbons (Fsp3) is 0.444. The highest BCUT2D eigenvalue weighted by atomic mass is 19.1. The number of aliphatic carboxylic acids is 1. The molecule has 0 bridgehead atoms. The number of nitrogens with zero attached hydrogens (tertiary/aromatic N) is 1. The lowest BCUT2D eigenvalue weighted by Crippen LogP contribution is -2.27. The zero-order valence-electron chi connectivity index (χ0n) is 15.4. The molecule has 7 nitrogen and oxygen atoms in total. The predicted octanol–water partition coefficient (Wildman–Crippen LogP) is 2.54. The quantitative estimate of drug-likeness (QED) is 0.302. The SMILES string of the molecule is CC(=O)O.CCCCNC(=O)c1ccc(N(N)/C=C(\N)CCCF)cc1. The lowest BCUT2D eigenvalue weighted by molar-refractivity contribution is -0.134. The molecule has 8 heteroatoms. The lowest BCUT2D eigenvalue weighted by atomic mass is 10.2. The molecule has 0 aromatic heterocycles. The molecule has 0 aliphatic rings. The molecule has 0 spiro atoms. The largest absolute Gasteiger partial charge is 0.481 e. The van der Waals surface area contributed by atoms with Crippen LogP contribution in [0.3, 0.4) is 0 Å². The fourth-order valence-corrected chi connectivity index (χ4v) is 1.85. The van der Waals surface area contributed by atoms with E-state index < -0.39 is 12.6 Å². The molecule has 0 unspecified atom stereocenters. The van der Waals surface area contributed by atoms with Crippen molar-refractivity contribution in [3.63, 3.8) is 0 Å². The first kappa shape index (κ1) is 23.4. The molecule has 0 atom stereocenters. The molecule has 0 fully saturated rings. The first-order chi connectivity index (χ1) is 12.3. The van der Waals surface area contributed by atoms with Gasteiger partial charge in [-0.25, -0.2) is 5.84 Å². The van der Waals surface area contributed by atoms with E-state index in [-0.39, 0.29) is 5.91 Å². The van der Waals surface area contributed by atoms with Crippen LogP contribution in [0.15, 0.2) is 36.2 Å². The number of hydrogen-bond donors (Lipinski definition) is 4. The predicted molar refractivity (Wildman–Crippen MR) is 101 cm³/mol. The second-order valence-corrected chi connectivity index (χ2v) is 5.58. The normalized spacial score (nSPS) is 10.5. The molecule has 1 amide bonds. The number of amides is 1. The fourth-order valence-electron chi connectivity index (χ4n) is 1.85. The van der Waals surface area contributed by atoms with E-state index in [0.29, 0.717) is 36.3 Å². The Balaban J connectivity index is 0.00000141. The van der Waals surface area contributed by atoms with Gasteiger partial charge in [-0.2, -0.15) is 0 Å². The van der Waals surface area contributed by atoms with Crippen LogP contribution in [-0.4, -0.2) is 30.2 Å². The Morgan fingerprint density at radius 3 is 2.35 bits per heavy atom. The van der Waals surface area contributed by atoms with E-state index >= 15 is 0 Å². The van der Waals surface area contributed by atoms with Crippen LogP contribution in [0.5, 0.6) is 0 Å². The molecule has 1 aromatic carbocycles. The monoisotopic (exact) mass is 368 g/mol. The zero-order valence-corrected chi connectivity index (χ0v) is 15.4. The Bertz CT molecular complexity index is 572. The van der Waals surface area contributed by atoms with E-state index in [1.165, 1.54) is 5.01 Å². The molecular weight excluding hydrogens is 339 g/mol. The summed E-state index contributed by atoms with van der Waals surface area (Å²) in [5.41, 5.74) is 7.56. The van der Waals surface area contributed by atoms with Crippen molar-refractivity contribution in [2.45, 2.75) is 39.5 Å². The Morgan fingerprint density at radius 2 is 1.85 bits per heavy atom. The van der Waals surface area contributed by atoms with Gasteiger partial charge in [0.2, 0.25) is 0 Å². The van der Waals surface area contributed by atoms with Crippen molar-refractivity contribution >= 4 is 17.6 Å². The van der Waals surface area contributed by atoms with Crippen LogP contribution >= 0.6 is 0 Å². The van der Waals surface area contributed by atoms with E-state index in [1.807, 2.05) is 0 Å². The number of unbranched alkanes of at least 4 members (excludes halogenated alkanes) is 1. The van der Waals surface area contributed by atoms with Crippen molar-refractivity contribution in [1.82, 2.24) is 5.32 Å². The van der Waals surface area contributed by atoms with Crippen molar-refractivity contribution in [2.75, 3.05) is 18.2 Å². The number of allylic oxidation sites excluding steroid dienone is 1. The average molecular weight is 368 g/mol. The first-order valence-corrected chi connectivity index (χ1v) is 8.45. The Kier molecular flexibility index (Phi) is 12.3. The van der Waals surface area contributed by atoms with Crippen LogP contribution in [0.4, 0.5) is 10.1 Å². The van der Waals surface area contributed by atoms with Gasteiger partial charge in [-0.15, -0.1) is 0 Å². The van der Waals surface area contributed by atoms with Crippen LogP contribution in [0, 0.1) is 0 Å². The van der Waals surface area contributed by atoms with Crippen molar-refractivity contribution in [3.8, 4) is 0 Å². The van der Waals surface area contributed by atoms with Gasteiger partial charge in [-0.3, -0.25) is 19.0 Å². The molecule has 1 aromatic rings. The third-order valence-corrected chi connectivity index (χ3v) is 3.15.